The number of carboxylic acids is 1. The van der Waals surface area contributed by atoms with Crippen LogP contribution >= 0.6 is 0 Å². The molecular weight excluding hydrogens is 546 g/mol. The van der Waals surface area contributed by atoms with Gasteiger partial charge in [0.25, 0.3) is 0 Å². The van der Waals surface area contributed by atoms with Crippen molar-refractivity contribution in [3.8, 4) is 0 Å². The number of H-pyrrole nitrogens is 2. The summed E-state index contributed by atoms with van der Waals surface area (Å²) in [5, 5.41) is 17.9. The molecule has 226 valence electrons. The van der Waals surface area contributed by atoms with E-state index in [0.717, 1.165) is 10.9 Å². The summed E-state index contributed by atoms with van der Waals surface area (Å²) >= 11 is 0. The smallest absolute Gasteiger partial charge is 0.326 e. The number of nitrogens with two attached hydrogens (primary N) is 3. The molecule has 3 rings (SSSR count). The van der Waals surface area contributed by atoms with Gasteiger partial charge in [-0.2, -0.15) is 0 Å². The van der Waals surface area contributed by atoms with Crippen molar-refractivity contribution < 1.29 is 29.1 Å². The van der Waals surface area contributed by atoms with E-state index in [-0.39, 0.29) is 12.8 Å². The summed E-state index contributed by atoms with van der Waals surface area (Å²) in [6.45, 7) is 0.460. The molecule has 0 spiro atoms. The summed E-state index contributed by atoms with van der Waals surface area (Å²) in [7, 11) is 0. The van der Waals surface area contributed by atoms with E-state index in [1.807, 2.05) is 24.3 Å². The first-order chi connectivity index (χ1) is 20.1. The molecule has 4 amide bonds. The van der Waals surface area contributed by atoms with Gasteiger partial charge in [0.1, 0.15) is 18.1 Å². The van der Waals surface area contributed by atoms with Crippen molar-refractivity contribution in [1.82, 2.24) is 30.9 Å². The molecule has 12 N–H and O–H groups in total. The minimum absolute atomic E-state index is 0.00788. The number of rotatable bonds is 17. The van der Waals surface area contributed by atoms with Crippen LogP contribution in [-0.4, -0.2) is 80.4 Å². The third-order valence-corrected chi connectivity index (χ3v) is 6.67. The number of carboxylic acid groups (broad SMARTS) is 1. The fourth-order valence-electron chi connectivity index (χ4n) is 4.42. The Labute approximate surface area is 241 Å². The number of aromatic nitrogens is 3. The zero-order valence-corrected chi connectivity index (χ0v) is 23.0. The lowest BCUT2D eigenvalue weighted by Crippen LogP contribution is -2.58. The van der Waals surface area contributed by atoms with Crippen molar-refractivity contribution in [2.24, 2.45) is 17.2 Å². The predicted molar refractivity (Wildman–Crippen MR) is 152 cm³/mol. The Bertz CT molecular complexity index is 1370. The minimum Gasteiger partial charge on any atom is -0.480 e. The Morgan fingerprint density at radius 2 is 1.57 bits per heavy atom. The van der Waals surface area contributed by atoms with E-state index < -0.39 is 60.2 Å². The molecular formula is C27H37N9O6. The van der Waals surface area contributed by atoms with E-state index in [2.05, 4.69) is 30.9 Å². The first-order valence-electron chi connectivity index (χ1n) is 13.5. The molecule has 4 unspecified atom stereocenters. The average Bonchev–Trinajstić information content (AvgIpc) is 3.61. The second-order valence-electron chi connectivity index (χ2n) is 9.93. The molecule has 3 aromatic rings. The first-order valence-corrected chi connectivity index (χ1v) is 13.5. The number of nitrogens with one attached hydrogen (secondary N) is 5. The van der Waals surface area contributed by atoms with Gasteiger partial charge in [0.15, 0.2) is 0 Å². The Balaban J connectivity index is 1.85. The molecule has 0 saturated heterocycles. The molecule has 0 bridgehead atoms. The first kappa shape index (κ1) is 31.8. The van der Waals surface area contributed by atoms with Gasteiger partial charge in [-0.25, -0.2) is 9.78 Å². The Hall–Kier alpha value is -4.76. The number of imidazole rings is 1. The van der Waals surface area contributed by atoms with Crippen molar-refractivity contribution in [2.75, 3.05) is 6.54 Å². The Morgan fingerprint density at radius 1 is 0.905 bits per heavy atom. The maximum Gasteiger partial charge on any atom is 0.326 e. The molecule has 0 saturated carbocycles. The summed E-state index contributed by atoms with van der Waals surface area (Å²) < 4.78 is 0. The summed E-state index contributed by atoms with van der Waals surface area (Å²) in [4.78, 5) is 72.8. The molecule has 0 fully saturated rings. The standard InChI is InChI=1S/C27H37N9O6/c28-8-4-3-6-18(29)24(38)34-21(10-16-13-31-14-33-16)26(40)35-20(25(39)36-22(27(41)42)11-23(30)37)9-15-12-32-19-7-2-1-5-17(15)19/h1-2,5,7,12-14,18,20-22,32H,3-4,6,8-11,28-29H2,(H2,30,37)(H,31,33)(H,34,38)(H,35,40)(H,36,39)(H,41,42). The van der Waals surface area contributed by atoms with Crippen molar-refractivity contribution in [3.05, 3.63) is 54.2 Å². The zero-order chi connectivity index (χ0) is 30.6. The Morgan fingerprint density at radius 3 is 2.21 bits per heavy atom. The zero-order valence-electron chi connectivity index (χ0n) is 23.0. The van der Waals surface area contributed by atoms with E-state index in [1.165, 1.54) is 12.5 Å². The molecule has 4 atom stereocenters. The number of aromatic amines is 2. The van der Waals surface area contributed by atoms with Crippen LogP contribution in [0.25, 0.3) is 10.9 Å². The fourth-order valence-corrected chi connectivity index (χ4v) is 4.42. The number of benzene rings is 1. The van der Waals surface area contributed by atoms with Crippen molar-refractivity contribution in [1.29, 1.82) is 0 Å². The van der Waals surface area contributed by atoms with Crippen LogP contribution in [0.3, 0.4) is 0 Å². The molecule has 0 aliphatic heterocycles. The summed E-state index contributed by atoms with van der Waals surface area (Å²) in [5.41, 5.74) is 18.7. The highest BCUT2D eigenvalue weighted by molar-refractivity contribution is 5.95. The summed E-state index contributed by atoms with van der Waals surface area (Å²) in [6, 6.07) is 2.38. The highest BCUT2D eigenvalue weighted by Crippen LogP contribution is 2.19. The van der Waals surface area contributed by atoms with Crippen LogP contribution in [0.2, 0.25) is 0 Å². The van der Waals surface area contributed by atoms with E-state index in [4.69, 9.17) is 17.2 Å². The molecule has 15 heteroatoms. The number of amides is 4. The number of primary amides is 1. The molecule has 0 aliphatic carbocycles. The minimum atomic E-state index is -1.61. The number of carbonyl (C=O) groups excluding carboxylic acids is 4. The number of hydrogen-bond acceptors (Lipinski definition) is 8. The van der Waals surface area contributed by atoms with E-state index in [1.54, 1.807) is 6.20 Å². The number of unbranched alkanes of at least 4 members (excludes halogenated alkanes) is 1. The summed E-state index contributed by atoms with van der Waals surface area (Å²) in [6.07, 6.45) is 5.61. The predicted octanol–water partition coefficient (Wildman–Crippen LogP) is -1.45. The van der Waals surface area contributed by atoms with Crippen molar-refractivity contribution in [3.63, 3.8) is 0 Å². The van der Waals surface area contributed by atoms with Crippen molar-refractivity contribution in [2.45, 2.75) is 62.7 Å². The topological polar surface area (TPSA) is 264 Å². The quantitative estimate of drug-likeness (QED) is 0.0840. The normalized spacial score (nSPS) is 14.0. The van der Waals surface area contributed by atoms with Crippen LogP contribution in [0.1, 0.15) is 36.9 Å². The molecule has 2 heterocycles. The molecule has 2 aromatic heterocycles. The van der Waals surface area contributed by atoms with E-state index in [0.29, 0.717) is 37.1 Å². The van der Waals surface area contributed by atoms with Crippen LogP contribution in [0.4, 0.5) is 0 Å². The van der Waals surface area contributed by atoms with Crippen molar-refractivity contribution >= 4 is 40.5 Å². The van der Waals surface area contributed by atoms with Gasteiger partial charge in [0.05, 0.1) is 18.8 Å². The number of hydrogen-bond donors (Lipinski definition) is 9. The van der Waals surface area contributed by atoms with Gasteiger partial charge in [-0.3, -0.25) is 19.2 Å². The number of nitrogens with zero attached hydrogens (tertiary/aromatic N) is 1. The van der Waals surface area contributed by atoms with Gasteiger partial charge in [-0.1, -0.05) is 24.6 Å². The molecule has 0 aliphatic rings. The molecule has 0 radical (unpaired) electrons. The number of para-hydroxylation sites is 1. The SMILES string of the molecule is NCCCCC(N)C(=O)NC(Cc1cnc[nH]1)C(=O)NC(Cc1c[nH]c2ccccc12)C(=O)NC(CC(N)=O)C(=O)O. The average molecular weight is 584 g/mol. The Kier molecular flexibility index (Phi) is 11.6. The van der Waals surface area contributed by atoms with Gasteiger partial charge in [0, 0.05) is 41.8 Å². The second-order valence-corrected chi connectivity index (χ2v) is 9.93. The van der Waals surface area contributed by atoms with Crippen LogP contribution in [0.15, 0.2) is 43.0 Å². The highest BCUT2D eigenvalue weighted by atomic mass is 16.4. The lowest BCUT2D eigenvalue weighted by molar-refractivity contribution is -0.143. The third kappa shape index (κ3) is 9.14. The molecule has 1 aromatic carbocycles. The van der Waals surface area contributed by atoms with Gasteiger partial charge in [-0.05, 0) is 31.0 Å². The van der Waals surface area contributed by atoms with Gasteiger partial charge in [-0.15, -0.1) is 0 Å². The van der Waals surface area contributed by atoms with E-state index in [9.17, 15) is 29.1 Å². The molecule has 42 heavy (non-hydrogen) atoms. The molecule has 15 nitrogen and oxygen atoms in total. The number of carbonyl (C=O) groups is 5. The maximum atomic E-state index is 13.6. The van der Waals surface area contributed by atoms with E-state index >= 15 is 0 Å². The van der Waals surface area contributed by atoms with Crippen LogP contribution in [0.5, 0.6) is 0 Å². The fraction of sp³-hybridized carbons (Fsp3) is 0.407. The lowest BCUT2D eigenvalue weighted by atomic mass is 10.0. The number of aliphatic carboxylic acids is 1. The summed E-state index contributed by atoms with van der Waals surface area (Å²) in [5.74, 6) is -4.52. The van der Waals surface area contributed by atoms with Crippen LogP contribution < -0.4 is 33.2 Å². The van der Waals surface area contributed by atoms with Gasteiger partial charge >= 0.3 is 5.97 Å². The largest absolute Gasteiger partial charge is 0.480 e. The highest BCUT2D eigenvalue weighted by Gasteiger charge is 2.32. The monoisotopic (exact) mass is 583 g/mol. The number of fused-ring (bicyclic) bond motifs is 1. The van der Waals surface area contributed by atoms with Gasteiger partial charge in [0.2, 0.25) is 23.6 Å². The van der Waals surface area contributed by atoms with Gasteiger partial charge < -0.3 is 48.2 Å². The second kappa shape index (κ2) is 15.3. The van der Waals surface area contributed by atoms with Crippen LogP contribution in [-0.2, 0) is 36.8 Å². The lowest BCUT2D eigenvalue weighted by Gasteiger charge is -2.25. The van der Waals surface area contributed by atoms with Crippen LogP contribution in [0, 0.1) is 0 Å². The maximum absolute atomic E-state index is 13.6. The third-order valence-electron chi connectivity index (χ3n) is 6.67.